The maximum atomic E-state index is 12.9. The molecule has 2 atom stereocenters. The molecule has 0 aliphatic heterocycles. The SMILES string of the molecule is CCCCCCC/C=C\C/C=C\C/C=C\CCCCCCCCCCCCCCC(=O)OC(COC(=O)CCCCCCCCCCCCCCCCCCCCCCCCCCCCCCCC)COC(OCC[N+](C)(C)C)C(=O)O. The molecule has 0 fully saturated rings. The van der Waals surface area contributed by atoms with Crippen molar-refractivity contribution in [2.75, 3.05) is 47.5 Å². The number of aliphatic carboxylic acids is 1. The Bertz CT molecular complexity index is 1440. The Morgan fingerprint density at radius 3 is 0.976 bits per heavy atom. The molecular formula is C73H138NO8+. The Balaban J connectivity index is 4.07. The maximum absolute atomic E-state index is 12.9. The third-order valence-electron chi connectivity index (χ3n) is 16.1. The maximum Gasteiger partial charge on any atom is 0.361 e. The van der Waals surface area contributed by atoms with E-state index in [1.165, 1.54) is 276 Å². The van der Waals surface area contributed by atoms with Gasteiger partial charge in [0.2, 0.25) is 0 Å². The van der Waals surface area contributed by atoms with E-state index in [1.54, 1.807) is 0 Å². The van der Waals surface area contributed by atoms with Crippen molar-refractivity contribution in [3.8, 4) is 0 Å². The van der Waals surface area contributed by atoms with Gasteiger partial charge in [-0.3, -0.25) is 9.59 Å². The van der Waals surface area contributed by atoms with Crippen LogP contribution in [0.5, 0.6) is 0 Å². The molecule has 0 aromatic rings. The summed E-state index contributed by atoms with van der Waals surface area (Å²) in [6.07, 6.45) is 78.4. The van der Waals surface area contributed by atoms with Crippen LogP contribution in [-0.2, 0) is 33.3 Å². The second-order valence-electron chi connectivity index (χ2n) is 25.6. The normalized spacial score (nSPS) is 12.8. The summed E-state index contributed by atoms with van der Waals surface area (Å²) >= 11 is 0. The van der Waals surface area contributed by atoms with Crippen LogP contribution in [0.15, 0.2) is 36.5 Å². The molecule has 2 unspecified atom stereocenters. The zero-order chi connectivity index (χ0) is 59.8. The van der Waals surface area contributed by atoms with Gasteiger partial charge in [0, 0.05) is 12.8 Å². The highest BCUT2D eigenvalue weighted by molar-refractivity contribution is 5.71. The summed E-state index contributed by atoms with van der Waals surface area (Å²) in [5.74, 6) is -1.98. The van der Waals surface area contributed by atoms with Crippen molar-refractivity contribution >= 4 is 17.9 Å². The van der Waals surface area contributed by atoms with Crippen LogP contribution >= 0.6 is 0 Å². The minimum absolute atomic E-state index is 0.178. The average molecular weight is 1160 g/mol. The lowest BCUT2D eigenvalue weighted by atomic mass is 10.0. The molecule has 0 aromatic carbocycles. The van der Waals surface area contributed by atoms with Crippen molar-refractivity contribution in [1.82, 2.24) is 0 Å². The number of allylic oxidation sites excluding steroid dienone is 6. The molecule has 0 saturated carbocycles. The number of carbonyl (C=O) groups is 3. The number of hydrogen-bond donors (Lipinski definition) is 1. The largest absolute Gasteiger partial charge is 0.477 e. The highest BCUT2D eigenvalue weighted by Gasteiger charge is 2.25. The predicted octanol–water partition coefficient (Wildman–Crippen LogP) is 22.0. The number of carboxylic acids is 1. The molecule has 482 valence electrons. The fourth-order valence-corrected chi connectivity index (χ4v) is 10.7. The molecule has 9 heteroatoms. The summed E-state index contributed by atoms with van der Waals surface area (Å²) in [6.45, 7) is 4.93. The van der Waals surface area contributed by atoms with Crippen molar-refractivity contribution in [2.45, 2.75) is 367 Å². The van der Waals surface area contributed by atoms with Crippen LogP contribution in [0.25, 0.3) is 0 Å². The zero-order valence-corrected chi connectivity index (χ0v) is 55.2. The number of esters is 2. The van der Waals surface area contributed by atoms with Crippen LogP contribution in [-0.4, -0.2) is 87.4 Å². The third-order valence-corrected chi connectivity index (χ3v) is 16.1. The summed E-state index contributed by atoms with van der Waals surface area (Å²) in [5.41, 5.74) is 0. The van der Waals surface area contributed by atoms with Gasteiger partial charge < -0.3 is 28.5 Å². The first-order chi connectivity index (χ1) is 40.1. The Kier molecular flexibility index (Phi) is 62.5. The second kappa shape index (κ2) is 64.5. The van der Waals surface area contributed by atoms with Crippen LogP contribution in [0.4, 0.5) is 0 Å². The molecule has 0 aromatic heterocycles. The number of quaternary nitrogens is 1. The Hall–Kier alpha value is -2.49. The molecule has 0 spiro atoms. The Morgan fingerprint density at radius 1 is 0.366 bits per heavy atom. The summed E-state index contributed by atoms with van der Waals surface area (Å²) in [6, 6.07) is 0. The van der Waals surface area contributed by atoms with Gasteiger partial charge in [0.25, 0.3) is 6.29 Å². The summed E-state index contributed by atoms with van der Waals surface area (Å²) in [4.78, 5) is 37.6. The molecule has 0 saturated heterocycles. The predicted molar refractivity (Wildman–Crippen MR) is 351 cm³/mol. The molecule has 0 aliphatic carbocycles. The van der Waals surface area contributed by atoms with Gasteiger partial charge in [-0.25, -0.2) is 4.79 Å². The van der Waals surface area contributed by atoms with Gasteiger partial charge in [0.05, 0.1) is 34.4 Å². The van der Waals surface area contributed by atoms with E-state index in [0.29, 0.717) is 17.4 Å². The van der Waals surface area contributed by atoms with Crippen molar-refractivity contribution in [1.29, 1.82) is 0 Å². The van der Waals surface area contributed by atoms with Crippen LogP contribution in [0.2, 0.25) is 0 Å². The van der Waals surface area contributed by atoms with E-state index in [1.807, 2.05) is 21.1 Å². The molecule has 0 aliphatic rings. The van der Waals surface area contributed by atoms with E-state index < -0.39 is 18.4 Å². The summed E-state index contributed by atoms with van der Waals surface area (Å²) < 4.78 is 23.0. The second-order valence-corrected chi connectivity index (χ2v) is 25.6. The fourth-order valence-electron chi connectivity index (χ4n) is 10.7. The van der Waals surface area contributed by atoms with Crippen LogP contribution in [0.3, 0.4) is 0 Å². The standard InChI is InChI=1S/C73H137NO8/c1-6-8-10-12-14-16-18-20-22-24-26-28-30-32-34-35-36-38-39-41-43-45-47-49-51-53-55-57-59-61-63-70(75)80-67-69(68-81-73(72(77)78)79-66-65-74(3,4)5)82-71(76)64-62-60-58-56-54-52-50-48-46-44-42-40-37-33-31-29-27-25-23-21-19-17-15-13-11-9-7-2/h19,21,25,27,31,33,69,73H,6-18,20,22-24,26,28-30,32,34-68H2,1-5H3/p+1/b21-19-,27-25-,33-31-. The van der Waals surface area contributed by atoms with Gasteiger partial charge in [-0.15, -0.1) is 0 Å². The number of likely N-dealkylation sites (N-methyl/N-ethyl adjacent to an activating group) is 1. The lowest BCUT2D eigenvalue weighted by Gasteiger charge is -2.25. The molecule has 0 rings (SSSR count). The van der Waals surface area contributed by atoms with Crippen LogP contribution < -0.4 is 0 Å². The van der Waals surface area contributed by atoms with E-state index in [0.717, 1.165) is 51.4 Å². The monoisotopic (exact) mass is 1160 g/mol. The van der Waals surface area contributed by atoms with Crippen molar-refractivity contribution in [3.05, 3.63) is 36.5 Å². The molecule has 0 heterocycles. The average Bonchev–Trinajstić information content (AvgIpc) is 3.45. The Labute approximate surface area is 509 Å². The number of hydrogen-bond acceptors (Lipinski definition) is 7. The molecule has 0 amide bonds. The summed E-state index contributed by atoms with van der Waals surface area (Å²) in [5, 5.41) is 9.75. The number of nitrogens with zero attached hydrogens (tertiary/aromatic N) is 1. The molecule has 9 nitrogen and oxygen atoms in total. The van der Waals surface area contributed by atoms with Crippen molar-refractivity contribution in [2.24, 2.45) is 0 Å². The number of carbonyl (C=O) groups excluding carboxylic acids is 2. The number of unbranched alkanes of at least 4 members (excludes halogenated alkanes) is 46. The first-order valence-electron chi connectivity index (χ1n) is 35.7. The lowest BCUT2D eigenvalue weighted by Crippen LogP contribution is -2.40. The van der Waals surface area contributed by atoms with E-state index in [9.17, 15) is 19.5 Å². The van der Waals surface area contributed by atoms with E-state index in [4.69, 9.17) is 18.9 Å². The smallest absolute Gasteiger partial charge is 0.361 e. The molecular weight excluding hydrogens is 1020 g/mol. The van der Waals surface area contributed by atoms with E-state index >= 15 is 0 Å². The minimum Gasteiger partial charge on any atom is -0.477 e. The van der Waals surface area contributed by atoms with Gasteiger partial charge >= 0.3 is 17.9 Å². The minimum atomic E-state index is -1.51. The fraction of sp³-hybridized carbons (Fsp3) is 0.877. The zero-order valence-electron chi connectivity index (χ0n) is 55.2. The van der Waals surface area contributed by atoms with Gasteiger partial charge in [-0.05, 0) is 51.4 Å². The summed E-state index contributed by atoms with van der Waals surface area (Å²) in [7, 11) is 5.99. The number of carboxylic acid groups (broad SMARTS) is 1. The van der Waals surface area contributed by atoms with E-state index in [-0.39, 0.29) is 38.2 Å². The highest BCUT2D eigenvalue weighted by atomic mass is 16.7. The first kappa shape index (κ1) is 79.5. The molecule has 0 radical (unpaired) electrons. The number of rotatable bonds is 67. The van der Waals surface area contributed by atoms with Crippen molar-refractivity contribution < 1.29 is 42.9 Å². The quantitative estimate of drug-likeness (QED) is 0.0211. The highest BCUT2D eigenvalue weighted by Crippen LogP contribution is 2.19. The Morgan fingerprint density at radius 2 is 0.659 bits per heavy atom. The van der Waals surface area contributed by atoms with Gasteiger partial charge in [-0.2, -0.15) is 0 Å². The number of ether oxygens (including phenoxy) is 4. The van der Waals surface area contributed by atoms with Crippen molar-refractivity contribution in [3.63, 3.8) is 0 Å². The van der Waals surface area contributed by atoms with Crippen LogP contribution in [0, 0.1) is 0 Å². The van der Waals surface area contributed by atoms with E-state index in [2.05, 4.69) is 50.3 Å². The molecule has 82 heavy (non-hydrogen) atoms. The topological polar surface area (TPSA) is 108 Å². The molecule has 0 bridgehead atoms. The van der Waals surface area contributed by atoms with Gasteiger partial charge in [0.15, 0.2) is 6.10 Å². The van der Waals surface area contributed by atoms with Crippen LogP contribution in [0.1, 0.15) is 354 Å². The lowest BCUT2D eigenvalue weighted by molar-refractivity contribution is -0.870. The molecule has 1 N–H and O–H groups in total. The third kappa shape index (κ3) is 65.1. The van der Waals surface area contributed by atoms with Gasteiger partial charge in [0.1, 0.15) is 13.2 Å². The first-order valence-corrected chi connectivity index (χ1v) is 35.7. The van der Waals surface area contributed by atoms with Gasteiger partial charge in [-0.1, -0.05) is 326 Å².